The van der Waals surface area contributed by atoms with Gasteiger partial charge in [-0.05, 0) is 63.4 Å². The molecule has 10 aromatic rings. The van der Waals surface area contributed by atoms with Crippen molar-refractivity contribution in [2.24, 2.45) is 0 Å². The Bertz CT molecular complexity index is 2820. The van der Waals surface area contributed by atoms with E-state index in [0.29, 0.717) is 5.95 Å². The summed E-state index contributed by atoms with van der Waals surface area (Å²) in [5.41, 5.74) is 11.7. The average molecular weight is 586 g/mol. The average Bonchev–Trinajstić information content (AvgIpc) is 3.61. The Morgan fingerprint density at radius 3 is 1.80 bits per heavy atom. The number of hydrogen-bond donors (Lipinski definition) is 0. The molecule has 4 heteroatoms. The van der Waals surface area contributed by atoms with Gasteiger partial charge in [0.25, 0.3) is 0 Å². The molecule has 0 bridgehead atoms. The summed E-state index contributed by atoms with van der Waals surface area (Å²) in [5, 5.41) is 8.13. The minimum atomic E-state index is 0.653. The predicted octanol–water partition coefficient (Wildman–Crippen LogP) is 11.1. The lowest BCUT2D eigenvalue weighted by molar-refractivity contribution is 0.669. The van der Waals surface area contributed by atoms with Crippen LogP contribution in [-0.4, -0.2) is 14.5 Å². The van der Waals surface area contributed by atoms with Crippen LogP contribution in [0.3, 0.4) is 0 Å². The van der Waals surface area contributed by atoms with Crippen LogP contribution in [0.2, 0.25) is 0 Å². The van der Waals surface area contributed by atoms with Gasteiger partial charge in [-0.1, -0.05) is 109 Å². The Kier molecular flexibility index (Phi) is 4.55. The first-order chi connectivity index (χ1) is 22.8. The van der Waals surface area contributed by atoms with Crippen molar-refractivity contribution in [2.45, 2.75) is 0 Å². The Morgan fingerprint density at radius 2 is 1.09 bits per heavy atom. The molecule has 0 amide bonds. The molecule has 0 atom stereocenters. The molecule has 0 saturated carbocycles. The van der Waals surface area contributed by atoms with Crippen LogP contribution in [0.5, 0.6) is 0 Å². The molecule has 7 aromatic carbocycles. The first-order valence-corrected chi connectivity index (χ1v) is 15.6. The van der Waals surface area contributed by atoms with Crippen molar-refractivity contribution in [3.8, 4) is 39.5 Å². The van der Waals surface area contributed by atoms with Gasteiger partial charge in [-0.2, -0.15) is 0 Å². The largest absolute Gasteiger partial charge is 0.456 e. The second-order valence-electron chi connectivity index (χ2n) is 12.1. The van der Waals surface area contributed by atoms with E-state index in [2.05, 4.69) is 126 Å². The van der Waals surface area contributed by atoms with Gasteiger partial charge in [0.05, 0.1) is 22.2 Å². The fraction of sp³-hybridized carbons (Fsp3) is 0. The number of furan rings is 1. The maximum absolute atomic E-state index is 6.31. The highest BCUT2D eigenvalue weighted by Crippen LogP contribution is 2.49. The van der Waals surface area contributed by atoms with Crippen molar-refractivity contribution >= 4 is 65.4 Å². The number of fused-ring (bicyclic) bond motifs is 6. The smallest absolute Gasteiger partial charge is 0.235 e. The fourth-order valence-corrected chi connectivity index (χ4v) is 7.81. The molecule has 3 aromatic heterocycles. The first kappa shape index (κ1) is 24.1. The van der Waals surface area contributed by atoms with E-state index in [-0.39, 0.29) is 0 Å². The summed E-state index contributed by atoms with van der Waals surface area (Å²) in [4.78, 5) is 10.7. The standard InChI is InChI=1S/C42H23N3O/c1-2-10-25(11-3-1)41-32-23-37-31(26-14-4-5-21-36(26)46-37)22-33(32)43-42(44-41)45-34-19-8-17-29-27-15-6-12-24-13-7-16-28(38(24)27)30-18-9-20-35(45)40(30)39(29)34/h1-23H. The normalized spacial score (nSPS) is 12.3. The highest BCUT2D eigenvalue weighted by molar-refractivity contribution is 6.27. The van der Waals surface area contributed by atoms with E-state index in [0.717, 1.165) is 55.1 Å². The van der Waals surface area contributed by atoms with Gasteiger partial charge < -0.3 is 4.42 Å². The Labute approximate surface area is 262 Å². The third-order valence-electron chi connectivity index (χ3n) is 9.73. The quantitative estimate of drug-likeness (QED) is 0.203. The van der Waals surface area contributed by atoms with Crippen LogP contribution in [0.25, 0.3) is 105 Å². The van der Waals surface area contributed by atoms with E-state index in [9.17, 15) is 0 Å². The fourth-order valence-electron chi connectivity index (χ4n) is 7.81. The van der Waals surface area contributed by atoms with Crippen LogP contribution in [0.4, 0.5) is 0 Å². The summed E-state index contributed by atoms with van der Waals surface area (Å²) in [6.07, 6.45) is 0. The zero-order valence-corrected chi connectivity index (χ0v) is 24.5. The highest BCUT2D eigenvalue weighted by Gasteiger charge is 2.26. The number of hydrogen-bond acceptors (Lipinski definition) is 3. The van der Waals surface area contributed by atoms with Gasteiger partial charge in [-0.15, -0.1) is 0 Å². The lowest BCUT2D eigenvalue weighted by Crippen LogP contribution is -2.03. The Balaban J connectivity index is 1.30. The minimum absolute atomic E-state index is 0.653. The van der Waals surface area contributed by atoms with Crippen LogP contribution in [0, 0.1) is 0 Å². The third-order valence-corrected chi connectivity index (χ3v) is 9.73. The van der Waals surface area contributed by atoms with Crippen molar-refractivity contribution in [3.63, 3.8) is 0 Å². The monoisotopic (exact) mass is 585 g/mol. The van der Waals surface area contributed by atoms with E-state index >= 15 is 0 Å². The second kappa shape index (κ2) is 8.68. The van der Waals surface area contributed by atoms with E-state index in [4.69, 9.17) is 14.4 Å². The summed E-state index contributed by atoms with van der Waals surface area (Å²) < 4.78 is 8.57. The Hall–Kier alpha value is -6.26. The van der Waals surface area contributed by atoms with E-state index < -0.39 is 0 Å². The van der Waals surface area contributed by atoms with Crippen LogP contribution in [0.15, 0.2) is 144 Å². The van der Waals surface area contributed by atoms with E-state index in [1.54, 1.807) is 0 Å². The summed E-state index contributed by atoms with van der Waals surface area (Å²) in [5.74, 6) is 0.653. The van der Waals surface area contributed by atoms with Crippen molar-refractivity contribution in [3.05, 3.63) is 140 Å². The molecule has 0 aliphatic heterocycles. The van der Waals surface area contributed by atoms with Gasteiger partial charge in [-0.25, -0.2) is 9.97 Å². The highest BCUT2D eigenvalue weighted by atomic mass is 16.3. The maximum Gasteiger partial charge on any atom is 0.235 e. The number of aromatic nitrogens is 3. The molecule has 4 nitrogen and oxygen atoms in total. The molecule has 0 saturated heterocycles. The minimum Gasteiger partial charge on any atom is -0.456 e. The molecule has 0 unspecified atom stereocenters. The van der Waals surface area contributed by atoms with E-state index in [1.165, 1.54) is 43.8 Å². The third kappa shape index (κ3) is 3.07. The van der Waals surface area contributed by atoms with Gasteiger partial charge in [0.1, 0.15) is 11.2 Å². The van der Waals surface area contributed by atoms with Crippen LogP contribution in [-0.2, 0) is 0 Å². The van der Waals surface area contributed by atoms with Crippen LogP contribution < -0.4 is 0 Å². The molecule has 1 aliphatic carbocycles. The molecule has 1 aliphatic rings. The molecule has 212 valence electrons. The summed E-state index contributed by atoms with van der Waals surface area (Å²) in [7, 11) is 0. The van der Waals surface area contributed by atoms with E-state index in [1.807, 2.05) is 18.2 Å². The molecular formula is C42H23N3O. The lowest BCUT2D eigenvalue weighted by atomic mass is 9.93. The second-order valence-corrected chi connectivity index (χ2v) is 12.1. The number of rotatable bonds is 2. The maximum atomic E-state index is 6.31. The zero-order valence-electron chi connectivity index (χ0n) is 24.5. The summed E-state index contributed by atoms with van der Waals surface area (Å²) in [6.45, 7) is 0. The van der Waals surface area contributed by atoms with Crippen LogP contribution in [0.1, 0.15) is 0 Å². The topological polar surface area (TPSA) is 43.9 Å². The van der Waals surface area contributed by atoms with Gasteiger partial charge in [0.15, 0.2) is 0 Å². The number of nitrogens with zero attached hydrogens (tertiary/aromatic N) is 3. The molecule has 0 N–H and O–H groups in total. The number of para-hydroxylation sites is 1. The van der Waals surface area contributed by atoms with Gasteiger partial charge >= 0.3 is 0 Å². The SMILES string of the molecule is c1ccc(-c2nc(-n3c4cccc5c4c4c(cccc43)-c3cccc4cccc-5c34)nc3cc4c(cc23)oc2ccccc24)cc1. The van der Waals surface area contributed by atoms with Crippen molar-refractivity contribution < 1.29 is 4.42 Å². The van der Waals surface area contributed by atoms with Crippen molar-refractivity contribution in [1.29, 1.82) is 0 Å². The van der Waals surface area contributed by atoms with Gasteiger partial charge in [0, 0.05) is 32.5 Å². The molecular weight excluding hydrogens is 562 g/mol. The zero-order chi connectivity index (χ0) is 29.9. The molecule has 11 rings (SSSR count). The molecule has 0 fully saturated rings. The molecule has 3 heterocycles. The van der Waals surface area contributed by atoms with Gasteiger partial charge in [0.2, 0.25) is 5.95 Å². The van der Waals surface area contributed by atoms with Crippen molar-refractivity contribution in [2.75, 3.05) is 0 Å². The van der Waals surface area contributed by atoms with Crippen molar-refractivity contribution in [1.82, 2.24) is 14.5 Å². The summed E-state index contributed by atoms with van der Waals surface area (Å²) >= 11 is 0. The number of benzene rings is 7. The first-order valence-electron chi connectivity index (χ1n) is 15.6. The molecule has 0 spiro atoms. The molecule has 46 heavy (non-hydrogen) atoms. The predicted molar refractivity (Wildman–Crippen MR) is 189 cm³/mol. The van der Waals surface area contributed by atoms with Crippen LogP contribution >= 0.6 is 0 Å². The lowest BCUT2D eigenvalue weighted by Gasteiger charge is -2.14. The Morgan fingerprint density at radius 1 is 0.457 bits per heavy atom. The summed E-state index contributed by atoms with van der Waals surface area (Å²) in [6, 6.07) is 49.4. The molecule has 0 radical (unpaired) electrons. The van der Waals surface area contributed by atoms with Gasteiger partial charge in [-0.3, -0.25) is 4.57 Å².